The second kappa shape index (κ2) is 13.2. The van der Waals surface area contributed by atoms with E-state index < -0.39 is 16.1 Å². The molecule has 7 nitrogen and oxygen atoms in total. The van der Waals surface area contributed by atoms with Crippen LogP contribution in [-0.4, -0.2) is 44.3 Å². The molecule has 43 heavy (non-hydrogen) atoms. The normalized spacial score (nSPS) is 14.2. The fourth-order valence-corrected chi connectivity index (χ4v) is 7.35. The Bertz CT molecular complexity index is 1700. The van der Waals surface area contributed by atoms with Gasteiger partial charge in [-0.25, -0.2) is 8.42 Å². The number of halogens is 1. The molecule has 1 aliphatic rings. The van der Waals surface area contributed by atoms with Gasteiger partial charge in [-0.3, -0.25) is 13.9 Å². The number of carbonyl (C=O) groups is 2. The van der Waals surface area contributed by atoms with Gasteiger partial charge in [0.2, 0.25) is 11.8 Å². The van der Waals surface area contributed by atoms with Crippen molar-refractivity contribution < 1.29 is 18.0 Å². The van der Waals surface area contributed by atoms with Gasteiger partial charge >= 0.3 is 0 Å². The number of rotatable bonds is 12. The summed E-state index contributed by atoms with van der Waals surface area (Å²) in [6, 6.07) is 26.9. The third kappa shape index (κ3) is 6.86. The van der Waals surface area contributed by atoms with E-state index in [4.69, 9.17) is 11.6 Å². The van der Waals surface area contributed by atoms with E-state index in [1.165, 1.54) is 4.31 Å². The Labute approximate surface area is 258 Å². The number of hydrogen-bond donors (Lipinski definition) is 1. The lowest BCUT2D eigenvalue weighted by molar-refractivity contribution is -0.141. The predicted octanol–water partition coefficient (Wildman–Crippen LogP) is 6.19. The summed E-state index contributed by atoms with van der Waals surface area (Å²) in [5.41, 5.74) is 2.42. The predicted molar refractivity (Wildman–Crippen MR) is 171 cm³/mol. The van der Waals surface area contributed by atoms with Crippen LogP contribution in [0.2, 0.25) is 5.02 Å². The molecule has 0 bridgehead atoms. The first kappa shape index (κ1) is 30.6. The summed E-state index contributed by atoms with van der Waals surface area (Å²) >= 11 is 6.12. The van der Waals surface area contributed by atoms with E-state index in [0.717, 1.165) is 16.5 Å². The minimum Gasteiger partial charge on any atom is -0.354 e. The Balaban J connectivity index is 1.39. The standard InChI is InChI=1S/C34H36ClN3O4S/c1-24(2)22-36-34(40)30(21-25-9-4-3-5-10-25)37(23-26-16-18-28(35)19-17-26)32(39)15-8-20-38-29-13-6-11-27-12-7-14-31(33(27)29)43(38,41)42/h3-7,9-14,16-19,24,30H,8,15,20-23H2,1-2H3,(H,36,40)/t30-/m1/s1. The molecule has 9 heteroatoms. The molecule has 0 fully saturated rings. The van der Waals surface area contributed by atoms with Crippen LogP contribution < -0.4 is 9.62 Å². The molecule has 0 saturated carbocycles. The van der Waals surface area contributed by atoms with Gasteiger partial charge in [0.05, 0.1) is 10.6 Å². The van der Waals surface area contributed by atoms with E-state index in [1.807, 2.05) is 74.5 Å². The molecule has 0 spiro atoms. The molecule has 0 aromatic heterocycles. The molecule has 1 N–H and O–H groups in total. The van der Waals surface area contributed by atoms with Crippen LogP contribution in [0, 0.1) is 5.92 Å². The highest BCUT2D eigenvalue weighted by atomic mass is 35.5. The number of hydrogen-bond acceptors (Lipinski definition) is 4. The van der Waals surface area contributed by atoms with Crippen molar-refractivity contribution in [2.24, 2.45) is 5.92 Å². The second-order valence-electron chi connectivity index (χ2n) is 11.3. The monoisotopic (exact) mass is 617 g/mol. The molecule has 5 rings (SSSR count). The van der Waals surface area contributed by atoms with E-state index >= 15 is 0 Å². The molecule has 0 aliphatic carbocycles. The summed E-state index contributed by atoms with van der Waals surface area (Å²) in [5, 5.41) is 5.18. The van der Waals surface area contributed by atoms with E-state index in [9.17, 15) is 18.0 Å². The average molecular weight is 618 g/mol. The van der Waals surface area contributed by atoms with Gasteiger partial charge in [0.1, 0.15) is 6.04 Å². The van der Waals surface area contributed by atoms with Crippen LogP contribution in [0.25, 0.3) is 10.8 Å². The zero-order chi connectivity index (χ0) is 30.6. The maximum atomic E-state index is 14.0. The highest BCUT2D eigenvalue weighted by Gasteiger charge is 2.36. The van der Waals surface area contributed by atoms with Crippen LogP contribution in [0.5, 0.6) is 0 Å². The highest BCUT2D eigenvalue weighted by molar-refractivity contribution is 7.93. The quantitative estimate of drug-likeness (QED) is 0.205. The molecule has 0 radical (unpaired) electrons. The van der Waals surface area contributed by atoms with Gasteiger partial charge in [-0.2, -0.15) is 0 Å². The first-order chi connectivity index (χ1) is 20.6. The van der Waals surface area contributed by atoms with Crippen molar-refractivity contribution in [2.45, 2.75) is 50.6 Å². The molecule has 224 valence electrons. The van der Waals surface area contributed by atoms with E-state index in [0.29, 0.717) is 40.4 Å². The lowest BCUT2D eigenvalue weighted by Crippen LogP contribution is -2.51. The summed E-state index contributed by atoms with van der Waals surface area (Å²) in [6.45, 7) is 4.91. The van der Waals surface area contributed by atoms with Gasteiger partial charge in [0.25, 0.3) is 10.0 Å². The molecule has 2 amide bonds. The summed E-state index contributed by atoms with van der Waals surface area (Å²) in [6.07, 6.45) is 0.724. The first-order valence-corrected chi connectivity index (χ1v) is 16.4. The molecule has 0 unspecified atom stereocenters. The second-order valence-corrected chi connectivity index (χ2v) is 13.6. The zero-order valence-electron chi connectivity index (χ0n) is 24.4. The summed E-state index contributed by atoms with van der Waals surface area (Å²) < 4.78 is 28.3. The van der Waals surface area contributed by atoms with Crippen LogP contribution in [0.4, 0.5) is 5.69 Å². The van der Waals surface area contributed by atoms with Crippen molar-refractivity contribution in [1.29, 1.82) is 0 Å². The van der Waals surface area contributed by atoms with Crippen molar-refractivity contribution in [3.63, 3.8) is 0 Å². The van der Waals surface area contributed by atoms with E-state index in [1.54, 1.807) is 35.2 Å². The number of anilines is 1. The number of nitrogens with one attached hydrogen (secondary N) is 1. The fourth-order valence-electron chi connectivity index (χ4n) is 5.48. The molecule has 4 aromatic carbocycles. The van der Waals surface area contributed by atoms with Crippen molar-refractivity contribution >= 4 is 49.9 Å². The molecule has 0 saturated heterocycles. The Hall–Kier alpha value is -3.88. The zero-order valence-corrected chi connectivity index (χ0v) is 25.9. The van der Waals surface area contributed by atoms with Gasteiger partial charge in [-0.05, 0) is 53.1 Å². The largest absolute Gasteiger partial charge is 0.354 e. The Morgan fingerprint density at radius 2 is 1.58 bits per heavy atom. The van der Waals surface area contributed by atoms with Crippen LogP contribution in [0.1, 0.15) is 37.8 Å². The number of amides is 2. The minimum atomic E-state index is -3.72. The molecule has 1 atom stereocenters. The van der Waals surface area contributed by atoms with Crippen LogP contribution >= 0.6 is 11.6 Å². The summed E-state index contributed by atoms with van der Waals surface area (Å²) in [5.74, 6) is -0.190. The van der Waals surface area contributed by atoms with Crippen molar-refractivity contribution in [3.8, 4) is 0 Å². The van der Waals surface area contributed by atoms with Crippen LogP contribution in [0.15, 0.2) is 95.9 Å². The maximum absolute atomic E-state index is 14.0. The van der Waals surface area contributed by atoms with Gasteiger partial charge in [-0.1, -0.05) is 92.2 Å². The molecule has 4 aromatic rings. The van der Waals surface area contributed by atoms with Crippen molar-refractivity contribution in [3.05, 3.63) is 107 Å². The number of carbonyl (C=O) groups excluding carboxylic acids is 2. The SMILES string of the molecule is CC(C)CNC(=O)[C@@H](Cc1ccccc1)N(Cc1ccc(Cl)cc1)C(=O)CCCN1c2cccc3cccc(c23)S1(=O)=O. The van der Waals surface area contributed by atoms with Crippen LogP contribution in [0.3, 0.4) is 0 Å². The summed E-state index contributed by atoms with van der Waals surface area (Å²) in [7, 11) is -3.72. The lowest BCUT2D eigenvalue weighted by Gasteiger charge is -2.32. The Morgan fingerprint density at radius 3 is 2.28 bits per heavy atom. The topological polar surface area (TPSA) is 86.8 Å². The number of sulfonamides is 1. The fraction of sp³-hybridized carbons (Fsp3) is 0.294. The minimum absolute atomic E-state index is 0.0781. The van der Waals surface area contributed by atoms with Gasteiger partial charge < -0.3 is 10.2 Å². The molecular formula is C34H36ClN3O4S. The van der Waals surface area contributed by atoms with Gasteiger partial charge in [-0.15, -0.1) is 0 Å². The van der Waals surface area contributed by atoms with Gasteiger partial charge in [0.15, 0.2) is 0 Å². The van der Waals surface area contributed by atoms with Gasteiger partial charge in [0, 0.05) is 42.9 Å². The molecular weight excluding hydrogens is 582 g/mol. The highest BCUT2D eigenvalue weighted by Crippen LogP contribution is 2.42. The third-order valence-electron chi connectivity index (χ3n) is 7.65. The number of nitrogens with zero attached hydrogens (tertiary/aromatic N) is 2. The van der Waals surface area contributed by atoms with Crippen LogP contribution in [-0.2, 0) is 32.6 Å². The average Bonchev–Trinajstić information content (AvgIpc) is 3.22. The third-order valence-corrected chi connectivity index (χ3v) is 9.76. The summed E-state index contributed by atoms with van der Waals surface area (Å²) in [4.78, 5) is 29.5. The smallest absolute Gasteiger partial charge is 0.265 e. The lowest BCUT2D eigenvalue weighted by atomic mass is 10.0. The first-order valence-electron chi connectivity index (χ1n) is 14.5. The van der Waals surface area contributed by atoms with E-state index in [2.05, 4.69) is 5.32 Å². The number of benzene rings is 4. The molecule has 1 aliphatic heterocycles. The van der Waals surface area contributed by atoms with Crippen molar-refractivity contribution in [2.75, 3.05) is 17.4 Å². The van der Waals surface area contributed by atoms with E-state index in [-0.39, 0.29) is 37.2 Å². The molecule has 1 heterocycles. The van der Waals surface area contributed by atoms with Crippen molar-refractivity contribution in [1.82, 2.24) is 10.2 Å². The Kier molecular flexibility index (Phi) is 9.37. The Morgan fingerprint density at radius 1 is 0.884 bits per heavy atom. The maximum Gasteiger partial charge on any atom is 0.265 e.